The van der Waals surface area contributed by atoms with Crippen LogP contribution >= 0.6 is 0 Å². The molecule has 19 heavy (non-hydrogen) atoms. The fraction of sp³-hybridized carbons (Fsp3) is 0.938. The summed E-state index contributed by atoms with van der Waals surface area (Å²) in [6, 6.07) is 0. The molecule has 0 aromatic carbocycles. The fourth-order valence-electron chi connectivity index (χ4n) is 2.90. The number of hydrogen-bond donors (Lipinski definition) is 1. The normalized spacial score (nSPS) is 29.1. The summed E-state index contributed by atoms with van der Waals surface area (Å²) in [4.78, 5) is 11.9. The lowest BCUT2D eigenvalue weighted by Gasteiger charge is -2.42. The zero-order valence-electron chi connectivity index (χ0n) is 13.5. The summed E-state index contributed by atoms with van der Waals surface area (Å²) in [5.41, 5.74) is 5.95. The van der Waals surface area contributed by atoms with E-state index in [9.17, 15) is 4.79 Å². The van der Waals surface area contributed by atoms with E-state index in [1.165, 1.54) is 0 Å². The molecule has 1 saturated carbocycles. The molecule has 112 valence electrons. The summed E-state index contributed by atoms with van der Waals surface area (Å²) in [6.07, 6.45) is 4.43. The molecule has 0 saturated heterocycles. The van der Waals surface area contributed by atoms with Crippen molar-refractivity contribution in [3.63, 3.8) is 0 Å². The Kier molecular flexibility index (Phi) is 4.71. The zero-order valence-corrected chi connectivity index (χ0v) is 13.5. The Morgan fingerprint density at radius 2 is 1.63 bits per heavy atom. The standard InChI is InChI=1S/C16H31NO2/c1-14(2,3)12-7-9-16(17,10-8-12)11-13(18)19-15(4,5)6/h12H,7-11,17H2,1-6H3. The maximum Gasteiger partial charge on any atom is 0.308 e. The Morgan fingerprint density at radius 3 is 2.00 bits per heavy atom. The van der Waals surface area contributed by atoms with Crippen molar-refractivity contribution in [2.75, 3.05) is 0 Å². The Hall–Kier alpha value is -0.570. The Bertz CT molecular complexity index is 315. The highest BCUT2D eigenvalue weighted by Gasteiger charge is 2.38. The molecule has 0 spiro atoms. The molecule has 0 aromatic heterocycles. The number of rotatable bonds is 2. The van der Waals surface area contributed by atoms with Gasteiger partial charge in [-0.1, -0.05) is 20.8 Å². The van der Waals surface area contributed by atoms with Crippen LogP contribution in [0, 0.1) is 11.3 Å². The van der Waals surface area contributed by atoms with E-state index in [-0.39, 0.29) is 11.5 Å². The van der Waals surface area contributed by atoms with E-state index in [1.54, 1.807) is 0 Å². The van der Waals surface area contributed by atoms with Crippen LogP contribution in [-0.4, -0.2) is 17.1 Å². The topological polar surface area (TPSA) is 52.3 Å². The molecule has 0 unspecified atom stereocenters. The number of carbonyl (C=O) groups is 1. The van der Waals surface area contributed by atoms with Gasteiger partial charge < -0.3 is 10.5 Å². The smallest absolute Gasteiger partial charge is 0.308 e. The van der Waals surface area contributed by atoms with Crippen molar-refractivity contribution in [1.82, 2.24) is 0 Å². The van der Waals surface area contributed by atoms with Crippen LogP contribution in [0.25, 0.3) is 0 Å². The van der Waals surface area contributed by atoms with Gasteiger partial charge in [0.2, 0.25) is 0 Å². The summed E-state index contributed by atoms with van der Waals surface area (Å²) in [5, 5.41) is 0. The second-order valence-corrected chi connectivity index (χ2v) is 8.27. The van der Waals surface area contributed by atoms with Crippen LogP contribution < -0.4 is 5.73 Å². The van der Waals surface area contributed by atoms with Crippen LogP contribution in [0.1, 0.15) is 73.6 Å². The molecule has 0 atom stereocenters. The molecule has 0 bridgehead atoms. The largest absolute Gasteiger partial charge is 0.460 e. The van der Waals surface area contributed by atoms with Crippen molar-refractivity contribution in [2.45, 2.75) is 84.8 Å². The van der Waals surface area contributed by atoms with Crippen LogP contribution in [0.2, 0.25) is 0 Å². The van der Waals surface area contributed by atoms with Crippen LogP contribution in [0.3, 0.4) is 0 Å². The van der Waals surface area contributed by atoms with Crippen LogP contribution in [-0.2, 0) is 9.53 Å². The molecule has 1 aliphatic rings. The first-order valence-corrected chi connectivity index (χ1v) is 7.42. The van der Waals surface area contributed by atoms with E-state index in [1.807, 2.05) is 20.8 Å². The first-order chi connectivity index (χ1) is 8.41. The summed E-state index contributed by atoms with van der Waals surface area (Å²) >= 11 is 0. The monoisotopic (exact) mass is 269 g/mol. The van der Waals surface area contributed by atoms with Crippen molar-refractivity contribution in [3.05, 3.63) is 0 Å². The predicted molar refractivity (Wildman–Crippen MR) is 78.8 cm³/mol. The minimum Gasteiger partial charge on any atom is -0.460 e. The van der Waals surface area contributed by atoms with E-state index in [4.69, 9.17) is 10.5 Å². The lowest BCUT2D eigenvalue weighted by Crippen LogP contribution is -2.47. The van der Waals surface area contributed by atoms with Crippen molar-refractivity contribution in [1.29, 1.82) is 0 Å². The minimum absolute atomic E-state index is 0.163. The van der Waals surface area contributed by atoms with Gasteiger partial charge in [-0.25, -0.2) is 0 Å². The number of hydrogen-bond acceptors (Lipinski definition) is 3. The van der Waals surface area contributed by atoms with Crippen molar-refractivity contribution in [3.8, 4) is 0 Å². The molecule has 1 rings (SSSR count). The maximum absolute atomic E-state index is 11.9. The molecular weight excluding hydrogens is 238 g/mol. The quantitative estimate of drug-likeness (QED) is 0.778. The van der Waals surface area contributed by atoms with E-state index in [2.05, 4.69) is 20.8 Å². The second-order valence-electron chi connectivity index (χ2n) is 8.27. The summed E-state index contributed by atoms with van der Waals surface area (Å²) < 4.78 is 5.38. The Morgan fingerprint density at radius 1 is 1.16 bits per heavy atom. The highest BCUT2D eigenvalue weighted by Crippen LogP contribution is 2.41. The van der Waals surface area contributed by atoms with Gasteiger partial charge in [-0.2, -0.15) is 0 Å². The van der Waals surface area contributed by atoms with E-state index in [0.717, 1.165) is 25.7 Å². The van der Waals surface area contributed by atoms with Crippen LogP contribution in [0.5, 0.6) is 0 Å². The highest BCUT2D eigenvalue weighted by atomic mass is 16.6. The highest BCUT2D eigenvalue weighted by molar-refractivity contribution is 5.71. The van der Waals surface area contributed by atoms with Gasteiger partial charge in [0.15, 0.2) is 0 Å². The number of ether oxygens (including phenoxy) is 1. The maximum atomic E-state index is 11.9. The third-order valence-corrected chi connectivity index (χ3v) is 4.12. The van der Waals surface area contributed by atoms with Gasteiger partial charge in [0, 0.05) is 5.54 Å². The van der Waals surface area contributed by atoms with Crippen molar-refractivity contribution in [2.24, 2.45) is 17.1 Å². The lowest BCUT2D eigenvalue weighted by molar-refractivity contribution is -0.156. The molecule has 1 aliphatic carbocycles. The molecule has 1 fully saturated rings. The van der Waals surface area contributed by atoms with Gasteiger partial charge >= 0.3 is 5.97 Å². The first-order valence-electron chi connectivity index (χ1n) is 7.42. The predicted octanol–water partition coefficient (Wildman–Crippen LogP) is 3.65. The molecule has 0 heterocycles. The third kappa shape index (κ3) is 5.52. The van der Waals surface area contributed by atoms with Gasteiger partial charge in [0.25, 0.3) is 0 Å². The molecule has 3 nitrogen and oxygen atoms in total. The van der Waals surface area contributed by atoms with Crippen LogP contribution in [0.4, 0.5) is 0 Å². The van der Waals surface area contributed by atoms with Crippen LogP contribution in [0.15, 0.2) is 0 Å². The van der Waals surface area contributed by atoms with E-state index < -0.39 is 5.60 Å². The van der Waals surface area contributed by atoms with Gasteiger partial charge in [-0.15, -0.1) is 0 Å². The molecule has 0 radical (unpaired) electrons. The Balaban J connectivity index is 2.50. The first kappa shape index (κ1) is 16.5. The van der Waals surface area contributed by atoms with Gasteiger partial charge in [0.1, 0.15) is 5.60 Å². The minimum atomic E-state index is -0.421. The fourth-order valence-corrected chi connectivity index (χ4v) is 2.90. The number of esters is 1. The summed E-state index contributed by atoms with van der Waals surface area (Å²) in [7, 11) is 0. The zero-order chi connectivity index (χ0) is 14.9. The van der Waals surface area contributed by atoms with Gasteiger partial charge in [0.05, 0.1) is 6.42 Å². The molecule has 0 amide bonds. The summed E-state index contributed by atoms with van der Waals surface area (Å²) in [6.45, 7) is 12.5. The summed E-state index contributed by atoms with van der Waals surface area (Å²) in [5.74, 6) is 0.548. The number of nitrogens with two attached hydrogens (primary N) is 1. The molecular formula is C16H31NO2. The van der Waals surface area contributed by atoms with Gasteiger partial charge in [-0.3, -0.25) is 4.79 Å². The number of carbonyl (C=O) groups excluding carboxylic acids is 1. The van der Waals surface area contributed by atoms with Crippen molar-refractivity contribution >= 4 is 5.97 Å². The average Bonchev–Trinajstić information content (AvgIpc) is 2.11. The molecule has 2 N–H and O–H groups in total. The van der Waals surface area contributed by atoms with Gasteiger partial charge in [-0.05, 0) is 57.8 Å². The lowest BCUT2D eigenvalue weighted by atomic mass is 9.67. The Labute approximate surface area is 118 Å². The van der Waals surface area contributed by atoms with E-state index in [0.29, 0.717) is 17.8 Å². The SMILES string of the molecule is CC(C)(C)OC(=O)CC1(N)CCC(C(C)(C)C)CC1. The molecule has 0 aliphatic heterocycles. The van der Waals surface area contributed by atoms with Crippen molar-refractivity contribution < 1.29 is 9.53 Å². The van der Waals surface area contributed by atoms with E-state index >= 15 is 0 Å². The molecule has 0 aromatic rings. The molecule has 3 heteroatoms. The second kappa shape index (κ2) is 5.43. The third-order valence-electron chi connectivity index (χ3n) is 4.12. The average molecular weight is 269 g/mol.